The quantitative estimate of drug-likeness (QED) is 0.267. The number of carbonyl (C=O) groups is 2. The zero-order valence-electron chi connectivity index (χ0n) is 24.1. The summed E-state index contributed by atoms with van der Waals surface area (Å²) >= 11 is 12.4. The number of carbonyl (C=O) groups excluding carboxylic acids is 1. The van der Waals surface area contributed by atoms with Gasteiger partial charge >= 0.3 is 5.97 Å². The van der Waals surface area contributed by atoms with Gasteiger partial charge in [0.05, 0.1) is 28.7 Å². The number of carboxylic acid groups (broad SMARTS) is 1. The molecule has 1 amide bonds. The van der Waals surface area contributed by atoms with Gasteiger partial charge in [-0.05, 0) is 79.6 Å². The third kappa shape index (κ3) is 5.23. The number of methoxy groups -OCH3 is 1. The van der Waals surface area contributed by atoms with Crippen LogP contribution in [0.1, 0.15) is 71.8 Å². The van der Waals surface area contributed by atoms with Gasteiger partial charge in [0.1, 0.15) is 5.82 Å². The largest absolute Gasteiger partial charge is 0.481 e. The number of halogens is 3. The first-order valence-corrected chi connectivity index (χ1v) is 15.0. The minimum Gasteiger partial charge on any atom is -0.481 e. The van der Waals surface area contributed by atoms with E-state index in [2.05, 4.69) is 0 Å². The minimum atomic E-state index is -1.86. The van der Waals surface area contributed by atoms with Crippen LogP contribution in [-0.4, -0.2) is 47.3 Å². The Labute approximate surface area is 260 Å². The molecule has 5 rings (SSSR count). The summed E-state index contributed by atoms with van der Waals surface area (Å²) in [5, 5.41) is 23.0. The normalized spacial score (nSPS) is 21.7. The molecule has 2 aliphatic heterocycles. The van der Waals surface area contributed by atoms with Gasteiger partial charge < -0.3 is 19.7 Å². The predicted molar refractivity (Wildman–Crippen MR) is 161 cm³/mol. The fourth-order valence-electron chi connectivity index (χ4n) is 6.72. The molecule has 0 radical (unpaired) electrons. The van der Waals surface area contributed by atoms with Crippen molar-refractivity contribution >= 4 is 35.1 Å². The van der Waals surface area contributed by atoms with Crippen molar-refractivity contribution in [1.29, 1.82) is 0 Å². The van der Waals surface area contributed by atoms with Crippen molar-refractivity contribution in [2.24, 2.45) is 11.8 Å². The predicted octanol–water partition coefficient (Wildman–Crippen LogP) is 6.92. The number of ether oxygens (including phenoxy) is 2. The fourth-order valence-corrected chi connectivity index (χ4v) is 6.97. The number of nitrogens with zero attached hydrogens (tertiary/aromatic N) is 1. The third-order valence-corrected chi connectivity index (χ3v) is 9.54. The molecule has 1 fully saturated rings. The van der Waals surface area contributed by atoms with Gasteiger partial charge in [0, 0.05) is 35.9 Å². The lowest BCUT2D eigenvalue weighted by atomic mass is 9.74. The highest BCUT2D eigenvalue weighted by atomic mass is 35.5. The minimum absolute atomic E-state index is 0.0118. The van der Waals surface area contributed by atoms with E-state index < -0.39 is 41.0 Å². The molecule has 0 bridgehead atoms. The summed E-state index contributed by atoms with van der Waals surface area (Å²) in [5.74, 6) is -3.89. The average Bonchev–Trinajstić information content (AvgIpc) is 3.27. The van der Waals surface area contributed by atoms with Crippen LogP contribution in [-0.2, 0) is 25.6 Å². The number of amides is 1. The van der Waals surface area contributed by atoms with Crippen LogP contribution in [0.4, 0.5) is 4.39 Å². The maximum atomic E-state index is 16.7. The van der Waals surface area contributed by atoms with Crippen molar-refractivity contribution < 1.29 is 33.7 Å². The molecule has 2 heterocycles. The van der Waals surface area contributed by atoms with Crippen molar-refractivity contribution in [3.05, 3.63) is 104 Å². The van der Waals surface area contributed by atoms with Gasteiger partial charge in [-0.3, -0.25) is 14.5 Å². The van der Waals surface area contributed by atoms with Gasteiger partial charge in [-0.25, -0.2) is 4.39 Å². The van der Waals surface area contributed by atoms with Gasteiger partial charge in [0.25, 0.3) is 5.91 Å². The Hall–Kier alpha value is -3.01. The monoisotopic (exact) mass is 629 g/mol. The molecule has 43 heavy (non-hydrogen) atoms. The molecule has 3 aromatic carbocycles. The fraction of sp³-hybridized carbons (Fsp3) is 0.394. The van der Waals surface area contributed by atoms with E-state index >= 15 is 4.39 Å². The summed E-state index contributed by atoms with van der Waals surface area (Å²) in [6.45, 7) is 4.27. The van der Waals surface area contributed by atoms with Crippen molar-refractivity contribution in [2.45, 2.75) is 50.5 Å². The van der Waals surface area contributed by atoms with E-state index in [1.54, 1.807) is 48.5 Å². The average molecular weight is 631 g/mol. The Balaban J connectivity index is 1.79. The molecule has 1 saturated heterocycles. The Morgan fingerprint density at radius 2 is 1.70 bits per heavy atom. The zero-order chi connectivity index (χ0) is 31.1. The third-order valence-electron chi connectivity index (χ3n) is 9.04. The highest BCUT2D eigenvalue weighted by molar-refractivity contribution is 6.30. The summed E-state index contributed by atoms with van der Waals surface area (Å²) in [5.41, 5.74) is -2.21. The van der Waals surface area contributed by atoms with E-state index in [4.69, 9.17) is 32.7 Å². The molecule has 7 nitrogen and oxygen atoms in total. The number of fused-ring (bicyclic) bond motifs is 1. The smallest absolute Gasteiger partial charge is 0.308 e. The van der Waals surface area contributed by atoms with Gasteiger partial charge in [-0.2, -0.15) is 0 Å². The van der Waals surface area contributed by atoms with Gasteiger partial charge in [-0.15, -0.1) is 0 Å². The number of rotatable bonds is 9. The number of carboxylic acids is 1. The second kappa shape index (κ2) is 12.2. The lowest BCUT2D eigenvalue weighted by Crippen LogP contribution is -2.51. The highest BCUT2D eigenvalue weighted by Crippen LogP contribution is 2.53. The molecule has 3 aromatic rings. The molecule has 2 N–H and O–H groups in total. The molecule has 0 aliphatic carbocycles. The molecule has 2 aliphatic rings. The van der Waals surface area contributed by atoms with Crippen LogP contribution in [0, 0.1) is 17.7 Å². The van der Waals surface area contributed by atoms with Crippen LogP contribution in [0.3, 0.4) is 0 Å². The number of hydrogen-bond donors (Lipinski definition) is 2. The molecule has 10 heteroatoms. The number of aliphatic carboxylic acids is 1. The maximum absolute atomic E-state index is 16.7. The van der Waals surface area contributed by atoms with E-state index in [0.717, 1.165) is 0 Å². The number of hydrogen-bond acceptors (Lipinski definition) is 5. The van der Waals surface area contributed by atoms with Crippen LogP contribution >= 0.6 is 23.2 Å². The molecular formula is C33H34Cl2FNO6. The van der Waals surface area contributed by atoms with Crippen LogP contribution < -0.4 is 0 Å². The van der Waals surface area contributed by atoms with Crippen molar-refractivity contribution in [2.75, 3.05) is 20.3 Å². The Kier molecular flexibility index (Phi) is 8.89. The van der Waals surface area contributed by atoms with Crippen LogP contribution in [0.2, 0.25) is 10.0 Å². The van der Waals surface area contributed by atoms with Crippen molar-refractivity contribution in [3.8, 4) is 0 Å². The van der Waals surface area contributed by atoms with E-state index in [-0.39, 0.29) is 22.6 Å². The van der Waals surface area contributed by atoms with Crippen LogP contribution in [0.25, 0.3) is 0 Å². The molecule has 228 valence electrons. The second-order valence-electron chi connectivity index (χ2n) is 11.2. The van der Waals surface area contributed by atoms with E-state index in [9.17, 15) is 19.8 Å². The molecule has 0 spiro atoms. The molecule has 4 atom stereocenters. The molecule has 0 saturated carbocycles. The number of aliphatic hydroxyl groups is 1. The Bertz CT molecular complexity index is 1510. The van der Waals surface area contributed by atoms with Gasteiger partial charge in [0.15, 0.2) is 5.72 Å². The first-order valence-electron chi connectivity index (χ1n) is 14.3. The van der Waals surface area contributed by atoms with Crippen molar-refractivity contribution in [3.63, 3.8) is 0 Å². The molecule has 0 aromatic heterocycles. The van der Waals surface area contributed by atoms with Crippen molar-refractivity contribution in [1.82, 2.24) is 4.90 Å². The first kappa shape index (κ1) is 31.4. The highest BCUT2D eigenvalue weighted by Gasteiger charge is 2.58. The second-order valence-corrected chi connectivity index (χ2v) is 12.1. The Morgan fingerprint density at radius 1 is 1.12 bits per heavy atom. The van der Waals surface area contributed by atoms with Crippen LogP contribution in [0.5, 0.6) is 0 Å². The zero-order valence-corrected chi connectivity index (χ0v) is 25.7. The van der Waals surface area contributed by atoms with E-state index in [1.807, 2.05) is 6.92 Å². The summed E-state index contributed by atoms with van der Waals surface area (Å²) in [7, 11) is 1.35. The summed E-state index contributed by atoms with van der Waals surface area (Å²) in [6, 6.07) is 14.7. The summed E-state index contributed by atoms with van der Waals surface area (Å²) in [4.78, 5) is 28.5. The van der Waals surface area contributed by atoms with E-state index in [0.29, 0.717) is 53.6 Å². The molecular weight excluding hydrogens is 596 g/mol. The standard InChI is InChI=1S/C33H34Cl2FNO6/c1-4-32(41,21-13-15-43-16-14-21)23-17-26-28(27(36)18-23)33(42-3,22-7-11-25(35)12-8-22)37(30(26)38)29(19(2)31(39)40)20-5-9-24(34)10-6-20/h5-12,17-19,21,29,41H,4,13-16H2,1-3H3,(H,39,40)/t19-,29-,32-,33?/m0/s1. The maximum Gasteiger partial charge on any atom is 0.308 e. The van der Waals surface area contributed by atoms with Gasteiger partial charge in [-0.1, -0.05) is 54.4 Å². The van der Waals surface area contributed by atoms with E-state index in [1.165, 1.54) is 31.1 Å². The first-order chi connectivity index (χ1) is 20.5. The Morgan fingerprint density at radius 3 is 2.23 bits per heavy atom. The topological polar surface area (TPSA) is 96.3 Å². The summed E-state index contributed by atoms with van der Waals surface area (Å²) < 4.78 is 28.4. The van der Waals surface area contributed by atoms with Gasteiger partial charge in [0.2, 0.25) is 0 Å². The van der Waals surface area contributed by atoms with Crippen LogP contribution in [0.15, 0.2) is 60.7 Å². The number of benzene rings is 3. The lowest BCUT2D eigenvalue weighted by molar-refractivity contribution is -0.149. The SMILES string of the molecule is CC[C@@](O)(c1cc(F)c2c(c1)C(=O)N([C@H](c1ccc(Cl)cc1)[C@H](C)C(=O)O)C2(OC)c1ccc(Cl)cc1)C1CCOCC1. The molecule has 1 unspecified atom stereocenters. The lowest BCUT2D eigenvalue weighted by Gasteiger charge is -2.44. The summed E-state index contributed by atoms with van der Waals surface area (Å²) in [6.07, 6.45) is 1.47.